The first-order valence-corrected chi connectivity index (χ1v) is 5.78. The Balaban J connectivity index is 2.46. The summed E-state index contributed by atoms with van der Waals surface area (Å²) in [7, 11) is 0. The third-order valence-corrected chi connectivity index (χ3v) is 3.08. The number of aryl methyl sites for hydroxylation is 2. The van der Waals surface area contributed by atoms with E-state index < -0.39 is 0 Å². The molecule has 0 saturated heterocycles. The van der Waals surface area contributed by atoms with Crippen LogP contribution >= 0.6 is 0 Å². The molecule has 90 valence electrons. The Kier molecular flexibility index (Phi) is 3.29. The van der Waals surface area contributed by atoms with Crippen LogP contribution in [0.4, 0.5) is 0 Å². The molecule has 0 saturated carbocycles. The number of aromatic amines is 1. The van der Waals surface area contributed by atoms with E-state index in [0.717, 1.165) is 11.3 Å². The van der Waals surface area contributed by atoms with Gasteiger partial charge in [-0.3, -0.25) is 4.79 Å². The maximum atomic E-state index is 11.7. The second-order valence-corrected chi connectivity index (χ2v) is 4.36. The number of nitriles is 1. The van der Waals surface area contributed by atoms with Crippen molar-refractivity contribution >= 4 is 0 Å². The van der Waals surface area contributed by atoms with Crippen molar-refractivity contribution in [1.82, 2.24) is 4.98 Å². The van der Waals surface area contributed by atoms with Gasteiger partial charge in [0, 0.05) is 11.3 Å². The lowest BCUT2D eigenvalue weighted by molar-refractivity contribution is 1.13. The van der Waals surface area contributed by atoms with E-state index in [9.17, 15) is 4.79 Å². The van der Waals surface area contributed by atoms with Crippen molar-refractivity contribution in [2.75, 3.05) is 0 Å². The summed E-state index contributed by atoms with van der Waals surface area (Å²) in [6.07, 6.45) is 0.141. The summed E-state index contributed by atoms with van der Waals surface area (Å²) in [6.45, 7) is 4.10. The first-order valence-electron chi connectivity index (χ1n) is 5.78. The van der Waals surface area contributed by atoms with Gasteiger partial charge in [0.05, 0.1) is 12.5 Å². The molecular formula is C15H14N2O. The van der Waals surface area contributed by atoms with Crippen molar-refractivity contribution in [2.24, 2.45) is 0 Å². The number of H-pyrrole nitrogens is 1. The molecule has 0 fully saturated rings. The number of aromatic nitrogens is 1. The summed E-state index contributed by atoms with van der Waals surface area (Å²) >= 11 is 0. The van der Waals surface area contributed by atoms with Crippen LogP contribution in [0.5, 0.6) is 0 Å². The minimum absolute atomic E-state index is 0.141. The molecule has 0 aliphatic rings. The number of nitrogens with zero attached hydrogens (tertiary/aromatic N) is 1. The van der Waals surface area contributed by atoms with Gasteiger partial charge < -0.3 is 4.98 Å². The topological polar surface area (TPSA) is 56.6 Å². The average molecular weight is 238 g/mol. The van der Waals surface area contributed by atoms with Crippen LogP contribution in [-0.4, -0.2) is 4.98 Å². The van der Waals surface area contributed by atoms with E-state index in [1.54, 1.807) is 6.07 Å². The van der Waals surface area contributed by atoms with Crippen LogP contribution < -0.4 is 5.56 Å². The zero-order chi connectivity index (χ0) is 13.1. The molecule has 0 unspecified atom stereocenters. The van der Waals surface area contributed by atoms with E-state index in [2.05, 4.69) is 11.9 Å². The highest BCUT2D eigenvalue weighted by Crippen LogP contribution is 2.19. The smallest absolute Gasteiger partial charge is 0.252 e. The van der Waals surface area contributed by atoms with Gasteiger partial charge in [0.15, 0.2) is 0 Å². The van der Waals surface area contributed by atoms with Crippen LogP contribution in [0.3, 0.4) is 0 Å². The number of hydrogen-bond acceptors (Lipinski definition) is 2. The molecule has 1 aromatic carbocycles. The van der Waals surface area contributed by atoms with E-state index >= 15 is 0 Å². The molecule has 3 nitrogen and oxygen atoms in total. The van der Waals surface area contributed by atoms with Crippen molar-refractivity contribution in [1.29, 1.82) is 5.26 Å². The molecule has 1 N–H and O–H groups in total. The summed E-state index contributed by atoms with van der Waals surface area (Å²) in [5.41, 5.74) is 4.50. The number of nitrogens with one attached hydrogen (secondary N) is 1. The monoisotopic (exact) mass is 238 g/mol. The number of pyridine rings is 1. The van der Waals surface area contributed by atoms with Gasteiger partial charge in [0.2, 0.25) is 0 Å². The third kappa shape index (κ3) is 2.33. The fourth-order valence-corrected chi connectivity index (χ4v) is 1.81. The van der Waals surface area contributed by atoms with Crippen molar-refractivity contribution in [3.8, 4) is 17.3 Å². The Morgan fingerprint density at radius 1 is 1.17 bits per heavy atom. The largest absolute Gasteiger partial charge is 0.322 e. The lowest BCUT2D eigenvalue weighted by Gasteiger charge is -2.06. The molecule has 0 radical (unpaired) electrons. The predicted molar refractivity (Wildman–Crippen MR) is 71.3 cm³/mol. The van der Waals surface area contributed by atoms with Gasteiger partial charge in [-0.15, -0.1) is 0 Å². The summed E-state index contributed by atoms with van der Waals surface area (Å²) in [5, 5.41) is 8.59. The predicted octanol–water partition coefficient (Wildman–Crippen LogP) is 2.72. The SMILES string of the molecule is Cc1ccc(-c2ccc(CC#N)c(=O)[nH]2)cc1C. The highest BCUT2D eigenvalue weighted by molar-refractivity contribution is 5.60. The zero-order valence-electron chi connectivity index (χ0n) is 10.4. The van der Waals surface area contributed by atoms with Crippen molar-refractivity contribution in [2.45, 2.75) is 20.3 Å². The lowest BCUT2D eigenvalue weighted by atomic mass is 10.0. The first-order chi connectivity index (χ1) is 8.61. The van der Waals surface area contributed by atoms with Crippen LogP contribution in [0, 0.1) is 25.2 Å². The maximum Gasteiger partial charge on any atom is 0.252 e. The Morgan fingerprint density at radius 2 is 1.94 bits per heavy atom. The molecule has 0 spiro atoms. The quantitative estimate of drug-likeness (QED) is 0.874. The Hall–Kier alpha value is -2.34. The molecule has 0 amide bonds. The molecule has 2 rings (SSSR count). The first kappa shape index (κ1) is 12.1. The summed E-state index contributed by atoms with van der Waals surface area (Å²) in [6, 6.07) is 11.6. The summed E-state index contributed by atoms with van der Waals surface area (Å²) < 4.78 is 0. The fraction of sp³-hybridized carbons (Fsp3) is 0.200. The fourth-order valence-electron chi connectivity index (χ4n) is 1.81. The zero-order valence-corrected chi connectivity index (χ0v) is 10.4. The Labute approximate surface area is 106 Å². The second-order valence-electron chi connectivity index (χ2n) is 4.36. The molecule has 1 aromatic heterocycles. The molecule has 2 aromatic rings. The van der Waals surface area contributed by atoms with Crippen molar-refractivity contribution < 1.29 is 0 Å². The highest BCUT2D eigenvalue weighted by Gasteiger charge is 2.04. The van der Waals surface area contributed by atoms with Crippen LogP contribution in [0.15, 0.2) is 35.1 Å². The molecule has 1 heterocycles. The van der Waals surface area contributed by atoms with Crippen LogP contribution in [0.2, 0.25) is 0 Å². The number of benzene rings is 1. The van der Waals surface area contributed by atoms with Gasteiger partial charge >= 0.3 is 0 Å². The Bertz CT molecular complexity index is 678. The third-order valence-electron chi connectivity index (χ3n) is 3.08. The Morgan fingerprint density at radius 3 is 2.56 bits per heavy atom. The van der Waals surface area contributed by atoms with Gasteiger partial charge in [0.25, 0.3) is 5.56 Å². The van der Waals surface area contributed by atoms with Gasteiger partial charge in [-0.2, -0.15) is 5.26 Å². The van der Waals surface area contributed by atoms with Crippen LogP contribution in [-0.2, 0) is 6.42 Å². The van der Waals surface area contributed by atoms with E-state index in [4.69, 9.17) is 5.26 Å². The van der Waals surface area contributed by atoms with Gasteiger partial charge in [0.1, 0.15) is 0 Å². The molecule has 3 heteroatoms. The standard InChI is InChI=1S/C15H14N2O/c1-10-3-4-13(9-11(10)2)14-6-5-12(7-8-16)15(18)17-14/h3-6,9H,7H2,1-2H3,(H,17,18). The summed E-state index contributed by atoms with van der Waals surface area (Å²) in [5.74, 6) is 0. The number of hydrogen-bond donors (Lipinski definition) is 1. The molecule has 18 heavy (non-hydrogen) atoms. The summed E-state index contributed by atoms with van der Waals surface area (Å²) in [4.78, 5) is 14.6. The molecule has 0 aliphatic carbocycles. The minimum atomic E-state index is -0.188. The van der Waals surface area contributed by atoms with Crippen molar-refractivity contribution in [3.05, 3.63) is 57.4 Å². The molecule has 0 bridgehead atoms. The van der Waals surface area contributed by atoms with Gasteiger partial charge in [-0.1, -0.05) is 18.2 Å². The second kappa shape index (κ2) is 4.89. The highest BCUT2D eigenvalue weighted by atomic mass is 16.1. The molecule has 0 aliphatic heterocycles. The van der Waals surface area contributed by atoms with Crippen LogP contribution in [0.25, 0.3) is 11.3 Å². The normalized spacial score (nSPS) is 10.1. The molecule has 0 atom stereocenters. The van der Waals surface area contributed by atoms with Gasteiger partial charge in [-0.25, -0.2) is 0 Å². The van der Waals surface area contributed by atoms with Crippen molar-refractivity contribution in [3.63, 3.8) is 0 Å². The molecular weight excluding hydrogens is 224 g/mol. The minimum Gasteiger partial charge on any atom is -0.322 e. The van der Waals surface area contributed by atoms with E-state index in [0.29, 0.717) is 5.56 Å². The van der Waals surface area contributed by atoms with Gasteiger partial charge in [-0.05, 0) is 42.7 Å². The number of rotatable bonds is 2. The van der Waals surface area contributed by atoms with Crippen LogP contribution in [0.1, 0.15) is 16.7 Å². The van der Waals surface area contributed by atoms with E-state index in [-0.39, 0.29) is 12.0 Å². The van der Waals surface area contributed by atoms with E-state index in [1.165, 1.54) is 11.1 Å². The van der Waals surface area contributed by atoms with E-state index in [1.807, 2.05) is 37.3 Å². The average Bonchev–Trinajstić information content (AvgIpc) is 2.35. The maximum absolute atomic E-state index is 11.7. The lowest BCUT2D eigenvalue weighted by Crippen LogP contribution is -2.12.